The Morgan fingerprint density at radius 1 is 1.00 bits per heavy atom. The van der Waals surface area contributed by atoms with Gasteiger partial charge in [-0.05, 0) is 26.8 Å². The molecular weight excluding hydrogens is 358 g/mol. The van der Waals surface area contributed by atoms with E-state index in [4.69, 9.17) is 0 Å². The van der Waals surface area contributed by atoms with Crippen molar-refractivity contribution in [2.45, 2.75) is 20.8 Å². The highest BCUT2D eigenvalue weighted by Gasteiger charge is 2.06. The lowest BCUT2D eigenvalue weighted by Crippen LogP contribution is -2.11. The van der Waals surface area contributed by atoms with E-state index in [-0.39, 0.29) is 0 Å². The lowest BCUT2D eigenvalue weighted by molar-refractivity contribution is 0.991. The summed E-state index contributed by atoms with van der Waals surface area (Å²) < 4.78 is 0.986. The Morgan fingerprint density at radius 2 is 1.57 bits per heavy atom. The maximum Gasteiger partial charge on any atom is 0.250 e. The molecule has 122 valence electrons. The van der Waals surface area contributed by atoms with Crippen molar-refractivity contribution < 1.29 is 0 Å². The molecular formula is C15H20BrN7. The van der Waals surface area contributed by atoms with Gasteiger partial charge in [-0.25, -0.2) is 5.43 Å². The Balaban J connectivity index is 2.21. The quantitative estimate of drug-likeness (QED) is 0.506. The number of hydrogen-bond acceptors (Lipinski definition) is 7. The number of anilines is 3. The van der Waals surface area contributed by atoms with Gasteiger partial charge in [-0.3, -0.25) is 0 Å². The van der Waals surface area contributed by atoms with Gasteiger partial charge in [0.1, 0.15) is 0 Å². The van der Waals surface area contributed by atoms with E-state index in [1.54, 1.807) is 0 Å². The first-order valence-electron chi connectivity index (χ1n) is 7.43. The third-order valence-corrected chi connectivity index (χ3v) is 3.58. The van der Waals surface area contributed by atoms with Crippen molar-refractivity contribution >= 4 is 39.5 Å². The molecule has 0 aliphatic rings. The van der Waals surface area contributed by atoms with Crippen LogP contribution in [0.4, 0.5) is 17.8 Å². The molecule has 0 fully saturated rings. The SMILES string of the molecule is CCNc1nc(NCC)nc(N/N=C(\C)c2ccccc2Br)n1. The molecule has 1 heterocycles. The monoisotopic (exact) mass is 377 g/mol. The van der Waals surface area contributed by atoms with Gasteiger partial charge in [-0.1, -0.05) is 34.1 Å². The Hall–Kier alpha value is -2.22. The molecule has 3 N–H and O–H groups in total. The van der Waals surface area contributed by atoms with Crippen LogP contribution in [0.1, 0.15) is 26.3 Å². The summed E-state index contributed by atoms with van der Waals surface area (Å²) in [6, 6.07) is 7.90. The van der Waals surface area contributed by atoms with Crippen LogP contribution in [0.2, 0.25) is 0 Å². The predicted octanol–water partition coefficient (Wildman–Crippen LogP) is 3.33. The molecule has 0 atom stereocenters. The molecule has 0 aliphatic carbocycles. The van der Waals surface area contributed by atoms with Crippen LogP contribution in [-0.2, 0) is 0 Å². The highest BCUT2D eigenvalue weighted by molar-refractivity contribution is 9.10. The first-order valence-corrected chi connectivity index (χ1v) is 8.22. The van der Waals surface area contributed by atoms with Crippen molar-refractivity contribution in [3.63, 3.8) is 0 Å². The van der Waals surface area contributed by atoms with E-state index in [0.717, 1.165) is 28.8 Å². The number of aromatic nitrogens is 3. The summed E-state index contributed by atoms with van der Waals surface area (Å²) in [6.07, 6.45) is 0. The van der Waals surface area contributed by atoms with Gasteiger partial charge in [0.05, 0.1) is 5.71 Å². The Labute approximate surface area is 144 Å². The zero-order valence-corrected chi connectivity index (χ0v) is 15.0. The zero-order chi connectivity index (χ0) is 16.7. The molecule has 0 radical (unpaired) electrons. The smallest absolute Gasteiger partial charge is 0.250 e. The summed E-state index contributed by atoms with van der Waals surface area (Å²) in [7, 11) is 0. The zero-order valence-electron chi connectivity index (χ0n) is 13.4. The average molecular weight is 378 g/mol. The molecule has 0 saturated carbocycles. The van der Waals surface area contributed by atoms with Gasteiger partial charge in [0, 0.05) is 23.1 Å². The van der Waals surface area contributed by atoms with Gasteiger partial charge in [-0.2, -0.15) is 20.1 Å². The van der Waals surface area contributed by atoms with Crippen LogP contribution < -0.4 is 16.1 Å². The minimum absolute atomic E-state index is 0.387. The topological polar surface area (TPSA) is 87.1 Å². The normalized spacial score (nSPS) is 11.2. The molecule has 1 aromatic carbocycles. The second-order valence-electron chi connectivity index (χ2n) is 4.66. The summed E-state index contributed by atoms with van der Waals surface area (Å²) >= 11 is 3.52. The molecule has 2 aromatic rings. The van der Waals surface area contributed by atoms with Crippen molar-refractivity contribution in [1.82, 2.24) is 15.0 Å². The Kier molecular flexibility index (Phi) is 6.28. The number of hydrazone groups is 1. The lowest BCUT2D eigenvalue weighted by atomic mass is 10.1. The number of benzene rings is 1. The predicted molar refractivity (Wildman–Crippen MR) is 98.1 cm³/mol. The van der Waals surface area contributed by atoms with E-state index in [1.165, 1.54) is 0 Å². The Bertz CT molecular complexity index is 663. The number of halogens is 1. The fourth-order valence-electron chi connectivity index (χ4n) is 1.85. The summed E-state index contributed by atoms with van der Waals surface area (Å²) in [5.74, 6) is 1.41. The molecule has 0 spiro atoms. The van der Waals surface area contributed by atoms with Crippen molar-refractivity contribution in [3.8, 4) is 0 Å². The van der Waals surface area contributed by atoms with Crippen molar-refractivity contribution in [2.24, 2.45) is 5.10 Å². The van der Waals surface area contributed by atoms with Crippen molar-refractivity contribution in [3.05, 3.63) is 34.3 Å². The largest absolute Gasteiger partial charge is 0.354 e. The van der Waals surface area contributed by atoms with E-state index in [2.05, 4.69) is 52.0 Å². The van der Waals surface area contributed by atoms with Gasteiger partial charge in [0.15, 0.2) is 0 Å². The van der Waals surface area contributed by atoms with E-state index in [9.17, 15) is 0 Å². The summed E-state index contributed by atoms with van der Waals surface area (Å²) in [5, 5.41) is 10.5. The highest BCUT2D eigenvalue weighted by atomic mass is 79.9. The van der Waals surface area contributed by atoms with E-state index in [0.29, 0.717) is 17.8 Å². The van der Waals surface area contributed by atoms with Crippen LogP contribution >= 0.6 is 15.9 Å². The van der Waals surface area contributed by atoms with Crippen LogP contribution in [0.3, 0.4) is 0 Å². The Morgan fingerprint density at radius 3 is 2.13 bits per heavy atom. The summed E-state index contributed by atoms with van der Waals surface area (Å²) in [6.45, 7) is 7.35. The molecule has 0 aliphatic heterocycles. The average Bonchev–Trinajstić information content (AvgIpc) is 2.53. The molecule has 2 rings (SSSR count). The van der Waals surface area contributed by atoms with Crippen LogP contribution in [0.25, 0.3) is 0 Å². The maximum atomic E-state index is 4.36. The third-order valence-electron chi connectivity index (χ3n) is 2.89. The van der Waals surface area contributed by atoms with Crippen molar-refractivity contribution in [1.29, 1.82) is 0 Å². The van der Waals surface area contributed by atoms with Crippen molar-refractivity contribution in [2.75, 3.05) is 29.1 Å². The maximum absolute atomic E-state index is 4.36. The van der Waals surface area contributed by atoms with E-state index in [1.807, 2.05) is 45.0 Å². The lowest BCUT2D eigenvalue weighted by Gasteiger charge is -2.08. The fourth-order valence-corrected chi connectivity index (χ4v) is 2.42. The minimum atomic E-state index is 0.387. The number of nitrogens with one attached hydrogen (secondary N) is 3. The third kappa shape index (κ3) is 4.88. The molecule has 0 saturated heterocycles. The molecule has 7 nitrogen and oxygen atoms in total. The second-order valence-corrected chi connectivity index (χ2v) is 5.51. The van der Waals surface area contributed by atoms with Crippen LogP contribution in [0.15, 0.2) is 33.8 Å². The minimum Gasteiger partial charge on any atom is -0.354 e. The van der Waals surface area contributed by atoms with Gasteiger partial charge in [0.25, 0.3) is 0 Å². The van der Waals surface area contributed by atoms with Gasteiger partial charge < -0.3 is 10.6 Å². The van der Waals surface area contributed by atoms with Crippen LogP contribution in [0, 0.1) is 0 Å². The second kappa shape index (κ2) is 8.42. The molecule has 0 amide bonds. The first-order chi connectivity index (χ1) is 11.1. The van der Waals surface area contributed by atoms with Gasteiger partial charge in [0.2, 0.25) is 17.8 Å². The molecule has 1 aromatic heterocycles. The molecule has 0 unspecified atom stereocenters. The van der Waals surface area contributed by atoms with Gasteiger partial charge >= 0.3 is 0 Å². The number of rotatable bonds is 7. The number of nitrogens with zero attached hydrogens (tertiary/aromatic N) is 4. The summed E-state index contributed by atoms with van der Waals surface area (Å²) in [4.78, 5) is 12.9. The van der Waals surface area contributed by atoms with Crippen LogP contribution in [0.5, 0.6) is 0 Å². The van der Waals surface area contributed by atoms with E-state index >= 15 is 0 Å². The standard InChI is InChI=1S/C15H20BrN7/c1-4-17-13-19-14(18-5-2)21-15(20-13)23-22-10(3)11-8-6-7-9-12(11)16/h6-9H,4-5H2,1-3H3,(H3,17,18,19,20,21,23)/b22-10+. The van der Waals surface area contributed by atoms with Gasteiger partial charge in [-0.15, -0.1) is 0 Å². The summed E-state index contributed by atoms with van der Waals surface area (Å²) in [5.41, 5.74) is 4.73. The van der Waals surface area contributed by atoms with Crippen LogP contribution in [-0.4, -0.2) is 33.8 Å². The fraction of sp³-hybridized carbons (Fsp3) is 0.333. The highest BCUT2D eigenvalue weighted by Crippen LogP contribution is 2.17. The molecule has 23 heavy (non-hydrogen) atoms. The number of hydrogen-bond donors (Lipinski definition) is 3. The van der Waals surface area contributed by atoms with E-state index < -0.39 is 0 Å². The molecule has 8 heteroatoms. The molecule has 0 bridgehead atoms. The first kappa shape index (κ1) is 17.1.